The molecule has 0 spiro atoms. The van der Waals surface area contributed by atoms with Crippen molar-refractivity contribution in [2.24, 2.45) is 0 Å². The molecule has 1 aliphatic rings. The quantitative estimate of drug-likeness (QED) is 0.749. The van der Waals surface area contributed by atoms with E-state index in [1.165, 1.54) is 7.11 Å². The lowest BCUT2D eigenvalue weighted by atomic mass is 10.1. The molecule has 1 aromatic heterocycles. The average molecular weight is 330 g/mol. The Kier molecular flexibility index (Phi) is 5.42. The molecule has 0 radical (unpaired) electrons. The summed E-state index contributed by atoms with van der Waals surface area (Å²) in [4.78, 5) is 27.9. The topological polar surface area (TPSA) is 75.9 Å². The molecule has 7 nitrogen and oxygen atoms in total. The van der Waals surface area contributed by atoms with Gasteiger partial charge in [-0.2, -0.15) is 0 Å². The number of hydrogen-bond acceptors (Lipinski definition) is 6. The summed E-state index contributed by atoms with van der Waals surface area (Å²) in [5.74, 6) is 0.0732. The van der Waals surface area contributed by atoms with Crippen molar-refractivity contribution in [3.05, 3.63) is 17.0 Å². The van der Waals surface area contributed by atoms with Crippen LogP contribution in [0.5, 0.6) is 0 Å². The van der Waals surface area contributed by atoms with Crippen molar-refractivity contribution in [2.45, 2.75) is 31.3 Å². The highest BCUT2D eigenvalue weighted by molar-refractivity contribution is 6.29. The van der Waals surface area contributed by atoms with Crippen LogP contribution in [0.1, 0.15) is 18.6 Å². The maximum absolute atomic E-state index is 12.4. The van der Waals surface area contributed by atoms with Gasteiger partial charge in [-0.05, 0) is 20.5 Å². The van der Waals surface area contributed by atoms with Crippen molar-refractivity contribution < 1.29 is 18.8 Å². The lowest BCUT2D eigenvalue weighted by Crippen LogP contribution is -2.41. The summed E-state index contributed by atoms with van der Waals surface area (Å²) in [7, 11) is 5.21. The Morgan fingerprint density at radius 1 is 1.55 bits per heavy atom. The zero-order chi connectivity index (χ0) is 16.3. The van der Waals surface area contributed by atoms with E-state index in [-0.39, 0.29) is 29.5 Å². The Labute approximate surface area is 134 Å². The van der Waals surface area contributed by atoms with E-state index in [9.17, 15) is 9.59 Å². The number of methoxy groups -OCH3 is 1. The summed E-state index contributed by atoms with van der Waals surface area (Å²) in [5, 5.41) is 3.84. The van der Waals surface area contributed by atoms with Crippen molar-refractivity contribution in [3.63, 3.8) is 0 Å². The van der Waals surface area contributed by atoms with Crippen LogP contribution in [0, 0.1) is 0 Å². The highest BCUT2D eigenvalue weighted by Crippen LogP contribution is 2.23. The third-order valence-corrected chi connectivity index (χ3v) is 4.10. The molecule has 1 amide bonds. The SMILES string of the molecule is COC(=O)[C@@H]1C[C@@H](N(C)C)CN1C(=O)CCc1cc(Cl)no1. The highest BCUT2D eigenvalue weighted by atomic mass is 35.5. The number of amides is 1. The summed E-state index contributed by atoms with van der Waals surface area (Å²) < 4.78 is 9.79. The Morgan fingerprint density at radius 3 is 2.82 bits per heavy atom. The van der Waals surface area contributed by atoms with E-state index >= 15 is 0 Å². The Morgan fingerprint density at radius 2 is 2.27 bits per heavy atom. The largest absolute Gasteiger partial charge is 0.467 e. The predicted octanol–water partition coefficient (Wildman–Crippen LogP) is 0.965. The van der Waals surface area contributed by atoms with Gasteiger partial charge in [-0.3, -0.25) is 4.79 Å². The standard InChI is InChI=1S/C14H20ClN3O4/c1-17(2)9-6-11(14(20)21-3)18(8-9)13(19)5-4-10-7-12(15)16-22-10/h7,9,11H,4-6,8H2,1-3H3/t9-,11+/m1/s1. The van der Waals surface area contributed by atoms with Gasteiger partial charge in [0.2, 0.25) is 5.91 Å². The van der Waals surface area contributed by atoms with Gasteiger partial charge in [-0.15, -0.1) is 0 Å². The first-order valence-corrected chi connectivity index (χ1v) is 7.45. The first-order valence-electron chi connectivity index (χ1n) is 7.07. The lowest BCUT2D eigenvalue weighted by Gasteiger charge is -2.22. The maximum Gasteiger partial charge on any atom is 0.328 e. The zero-order valence-corrected chi connectivity index (χ0v) is 13.7. The van der Waals surface area contributed by atoms with E-state index in [0.29, 0.717) is 25.1 Å². The maximum atomic E-state index is 12.4. The molecule has 122 valence electrons. The molecule has 1 aromatic rings. The summed E-state index contributed by atoms with van der Waals surface area (Å²) in [6.07, 6.45) is 1.22. The van der Waals surface area contributed by atoms with Gasteiger partial charge in [-0.1, -0.05) is 16.8 Å². The van der Waals surface area contributed by atoms with E-state index in [4.69, 9.17) is 20.9 Å². The number of carbonyl (C=O) groups excluding carboxylic acids is 2. The van der Waals surface area contributed by atoms with Crippen LogP contribution < -0.4 is 0 Å². The molecule has 0 aromatic carbocycles. The fraction of sp³-hybridized carbons (Fsp3) is 0.643. The summed E-state index contributed by atoms with van der Waals surface area (Å²) in [5.41, 5.74) is 0. The monoisotopic (exact) mass is 329 g/mol. The van der Waals surface area contributed by atoms with Gasteiger partial charge in [0, 0.05) is 31.5 Å². The van der Waals surface area contributed by atoms with Crippen LogP contribution in [-0.4, -0.2) is 66.7 Å². The molecule has 2 atom stereocenters. The van der Waals surface area contributed by atoms with Crippen LogP contribution in [0.25, 0.3) is 0 Å². The second-order valence-electron chi connectivity index (χ2n) is 5.55. The smallest absolute Gasteiger partial charge is 0.328 e. The average Bonchev–Trinajstić information content (AvgIpc) is 3.10. The third-order valence-electron chi connectivity index (χ3n) is 3.92. The van der Waals surface area contributed by atoms with Crippen molar-refractivity contribution in [1.29, 1.82) is 0 Å². The van der Waals surface area contributed by atoms with E-state index in [0.717, 1.165) is 0 Å². The van der Waals surface area contributed by atoms with E-state index < -0.39 is 6.04 Å². The molecule has 0 N–H and O–H groups in total. The van der Waals surface area contributed by atoms with Crippen LogP contribution in [0.15, 0.2) is 10.6 Å². The fourth-order valence-corrected chi connectivity index (χ4v) is 2.76. The number of halogens is 1. The number of carbonyl (C=O) groups is 2. The fourth-order valence-electron chi connectivity index (χ4n) is 2.60. The lowest BCUT2D eigenvalue weighted by molar-refractivity contribution is -0.150. The second-order valence-corrected chi connectivity index (χ2v) is 5.94. The molecule has 2 rings (SSSR count). The van der Waals surface area contributed by atoms with Gasteiger partial charge in [0.1, 0.15) is 11.8 Å². The number of likely N-dealkylation sites (tertiary alicyclic amines) is 1. The molecule has 1 fully saturated rings. The first kappa shape index (κ1) is 16.8. The molecule has 1 saturated heterocycles. The Balaban J connectivity index is 2.00. The van der Waals surface area contributed by atoms with Crippen LogP contribution in [0.3, 0.4) is 0 Å². The predicted molar refractivity (Wildman–Crippen MR) is 79.4 cm³/mol. The molecule has 0 saturated carbocycles. The van der Waals surface area contributed by atoms with Crippen LogP contribution in [-0.2, 0) is 20.7 Å². The minimum atomic E-state index is -0.525. The van der Waals surface area contributed by atoms with Crippen LogP contribution >= 0.6 is 11.6 Å². The van der Waals surface area contributed by atoms with Gasteiger partial charge in [0.25, 0.3) is 0 Å². The van der Waals surface area contributed by atoms with Gasteiger partial charge >= 0.3 is 5.97 Å². The van der Waals surface area contributed by atoms with Crippen LogP contribution in [0.4, 0.5) is 0 Å². The van der Waals surface area contributed by atoms with E-state index in [1.54, 1.807) is 11.0 Å². The van der Waals surface area contributed by atoms with Crippen LogP contribution in [0.2, 0.25) is 5.15 Å². The summed E-state index contributed by atoms with van der Waals surface area (Å²) >= 11 is 5.67. The molecule has 1 aliphatic heterocycles. The van der Waals surface area contributed by atoms with E-state index in [2.05, 4.69) is 5.16 Å². The van der Waals surface area contributed by atoms with E-state index in [1.807, 2.05) is 19.0 Å². The molecule has 0 unspecified atom stereocenters. The zero-order valence-electron chi connectivity index (χ0n) is 12.9. The molecular formula is C14H20ClN3O4. The van der Waals surface area contributed by atoms with Crippen molar-refractivity contribution in [1.82, 2.24) is 15.0 Å². The number of hydrogen-bond donors (Lipinski definition) is 0. The number of aryl methyl sites for hydroxylation is 1. The van der Waals surface area contributed by atoms with Crippen molar-refractivity contribution in [3.8, 4) is 0 Å². The van der Waals surface area contributed by atoms with Crippen molar-refractivity contribution >= 4 is 23.5 Å². The second kappa shape index (κ2) is 7.11. The molecule has 22 heavy (non-hydrogen) atoms. The van der Waals surface area contributed by atoms with Gasteiger partial charge in [0.15, 0.2) is 5.15 Å². The highest BCUT2D eigenvalue weighted by Gasteiger charge is 2.40. The number of likely N-dealkylation sites (N-methyl/N-ethyl adjacent to an activating group) is 1. The van der Waals surface area contributed by atoms with Gasteiger partial charge < -0.3 is 19.1 Å². The normalized spacial score (nSPS) is 21.4. The molecule has 0 bridgehead atoms. The molecule has 8 heteroatoms. The summed E-state index contributed by atoms with van der Waals surface area (Å²) in [6.45, 7) is 0.517. The minimum absolute atomic E-state index is 0.104. The Bertz CT molecular complexity index is 546. The molecule has 2 heterocycles. The first-order chi connectivity index (χ1) is 10.4. The minimum Gasteiger partial charge on any atom is -0.467 e. The number of ether oxygens (including phenoxy) is 1. The number of rotatable bonds is 5. The molecular weight excluding hydrogens is 310 g/mol. The summed E-state index contributed by atoms with van der Waals surface area (Å²) in [6, 6.07) is 1.20. The number of aromatic nitrogens is 1. The van der Waals surface area contributed by atoms with Gasteiger partial charge in [0.05, 0.1) is 7.11 Å². The number of nitrogens with zero attached hydrogens (tertiary/aromatic N) is 3. The third kappa shape index (κ3) is 3.78. The van der Waals surface area contributed by atoms with Gasteiger partial charge in [-0.25, -0.2) is 4.79 Å². The Hall–Kier alpha value is -1.60. The number of esters is 1. The van der Waals surface area contributed by atoms with Crippen molar-refractivity contribution in [2.75, 3.05) is 27.7 Å². The molecule has 0 aliphatic carbocycles.